The highest BCUT2D eigenvalue weighted by atomic mass is 79.9. The minimum atomic E-state index is -0.276. The quantitative estimate of drug-likeness (QED) is 0.698. The minimum Gasteiger partial charge on any atom is -0.310 e. The molecule has 0 spiro atoms. The maximum atomic E-state index is 12.0. The van der Waals surface area contributed by atoms with Crippen molar-refractivity contribution in [2.45, 2.75) is 11.8 Å². The van der Waals surface area contributed by atoms with E-state index in [-0.39, 0.29) is 10.7 Å². The Bertz CT molecular complexity index is 798. The molecule has 4 nitrogen and oxygen atoms in total. The van der Waals surface area contributed by atoms with E-state index < -0.39 is 0 Å². The van der Waals surface area contributed by atoms with Crippen LogP contribution < -0.4 is 5.32 Å². The molecule has 3 aromatic rings. The van der Waals surface area contributed by atoms with Crippen LogP contribution in [-0.4, -0.2) is 20.5 Å². The maximum absolute atomic E-state index is 12.0. The van der Waals surface area contributed by atoms with Gasteiger partial charge in [-0.1, -0.05) is 64.5 Å². The van der Waals surface area contributed by atoms with Gasteiger partial charge in [0.2, 0.25) is 5.91 Å². The SMILES string of the molecule is CC(Br)C(=O)Nc1cc(-c2ccccc2)nn1-c1ccccc1. The molecular weight excluding hydrogens is 354 g/mol. The number of amides is 1. The number of benzene rings is 2. The molecule has 1 N–H and O–H groups in total. The number of hydrogen-bond donors (Lipinski definition) is 1. The number of aromatic nitrogens is 2. The lowest BCUT2D eigenvalue weighted by atomic mass is 10.1. The molecule has 0 saturated heterocycles. The molecular formula is C18H16BrN3O. The number of hydrogen-bond acceptors (Lipinski definition) is 2. The average Bonchev–Trinajstić information content (AvgIpc) is 3.00. The summed E-state index contributed by atoms with van der Waals surface area (Å²) in [4.78, 5) is 11.8. The number of para-hydroxylation sites is 1. The molecule has 0 fully saturated rings. The number of nitrogens with zero attached hydrogens (tertiary/aromatic N) is 2. The number of alkyl halides is 1. The van der Waals surface area contributed by atoms with Crippen LogP contribution in [0, 0.1) is 0 Å². The van der Waals surface area contributed by atoms with Gasteiger partial charge < -0.3 is 5.32 Å². The van der Waals surface area contributed by atoms with Gasteiger partial charge in [0, 0.05) is 11.6 Å². The zero-order valence-electron chi connectivity index (χ0n) is 12.6. The van der Waals surface area contributed by atoms with Gasteiger partial charge in [0.15, 0.2) is 0 Å². The van der Waals surface area contributed by atoms with E-state index in [0.717, 1.165) is 16.9 Å². The molecule has 23 heavy (non-hydrogen) atoms. The highest BCUT2D eigenvalue weighted by molar-refractivity contribution is 9.10. The predicted octanol–water partition coefficient (Wildman–Crippen LogP) is 4.26. The van der Waals surface area contributed by atoms with Crippen LogP contribution >= 0.6 is 15.9 Å². The van der Waals surface area contributed by atoms with Crippen LogP contribution in [0.2, 0.25) is 0 Å². The lowest BCUT2D eigenvalue weighted by Crippen LogP contribution is -2.21. The molecule has 0 radical (unpaired) electrons. The van der Waals surface area contributed by atoms with Crippen LogP contribution in [0.4, 0.5) is 5.82 Å². The van der Waals surface area contributed by atoms with Crippen LogP contribution in [-0.2, 0) is 4.79 Å². The molecule has 116 valence electrons. The summed E-state index contributed by atoms with van der Waals surface area (Å²) >= 11 is 3.29. The third kappa shape index (κ3) is 3.51. The van der Waals surface area contributed by atoms with Crippen LogP contribution in [0.3, 0.4) is 0 Å². The molecule has 0 aliphatic heterocycles. The number of anilines is 1. The normalized spacial score (nSPS) is 11.9. The Balaban J connectivity index is 2.05. The van der Waals surface area contributed by atoms with Gasteiger partial charge in [-0.15, -0.1) is 0 Å². The van der Waals surface area contributed by atoms with Crippen molar-refractivity contribution in [2.75, 3.05) is 5.32 Å². The molecule has 1 unspecified atom stereocenters. The van der Waals surface area contributed by atoms with Gasteiger partial charge in [0.1, 0.15) is 5.82 Å². The van der Waals surface area contributed by atoms with Crippen molar-refractivity contribution in [3.63, 3.8) is 0 Å². The van der Waals surface area contributed by atoms with Crippen LogP contribution in [0.25, 0.3) is 16.9 Å². The molecule has 1 amide bonds. The second-order valence-electron chi connectivity index (χ2n) is 5.13. The number of carbonyl (C=O) groups is 1. The topological polar surface area (TPSA) is 46.9 Å². The minimum absolute atomic E-state index is 0.110. The van der Waals surface area contributed by atoms with E-state index in [9.17, 15) is 4.79 Å². The summed E-state index contributed by atoms with van der Waals surface area (Å²) in [6.45, 7) is 1.79. The Morgan fingerprint density at radius 2 is 1.70 bits per heavy atom. The summed E-state index contributed by atoms with van der Waals surface area (Å²) in [5.41, 5.74) is 2.71. The van der Waals surface area contributed by atoms with Gasteiger partial charge >= 0.3 is 0 Å². The molecule has 3 rings (SSSR count). The molecule has 2 aromatic carbocycles. The standard InChI is InChI=1S/C18H16BrN3O/c1-13(19)18(23)20-17-12-16(14-8-4-2-5-9-14)21-22(17)15-10-6-3-7-11-15/h2-13H,1H3,(H,20,23). The number of halogens is 1. The Kier molecular flexibility index (Phi) is 4.57. The van der Waals surface area contributed by atoms with Crippen molar-refractivity contribution in [2.24, 2.45) is 0 Å². The fraction of sp³-hybridized carbons (Fsp3) is 0.111. The molecule has 1 atom stereocenters. The third-order valence-corrected chi connectivity index (χ3v) is 3.81. The van der Waals surface area contributed by atoms with E-state index in [0.29, 0.717) is 5.82 Å². The molecule has 5 heteroatoms. The highest BCUT2D eigenvalue weighted by Crippen LogP contribution is 2.25. The second-order valence-corrected chi connectivity index (χ2v) is 6.51. The molecule has 0 saturated carbocycles. The second kappa shape index (κ2) is 6.79. The smallest absolute Gasteiger partial charge is 0.239 e. The molecule has 1 heterocycles. The first kappa shape index (κ1) is 15.5. The van der Waals surface area contributed by atoms with Gasteiger partial charge in [-0.2, -0.15) is 5.10 Å². The molecule has 0 aliphatic carbocycles. The number of nitrogens with one attached hydrogen (secondary N) is 1. The first-order chi connectivity index (χ1) is 11.1. The van der Waals surface area contributed by atoms with Crippen molar-refractivity contribution in [1.82, 2.24) is 9.78 Å². The van der Waals surface area contributed by atoms with E-state index in [1.165, 1.54) is 0 Å². The highest BCUT2D eigenvalue weighted by Gasteiger charge is 2.15. The number of carbonyl (C=O) groups excluding carboxylic acids is 1. The summed E-state index contributed by atoms with van der Waals surface area (Å²) < 4.78 is 1.75. The first-order valence-corrected chi connectivity index (χ1v) is 8.22. The van der Waals surface area contributed by atoms with Crippen molar-refractivity contribution >= 4 is 27.7 Å². The Morgan fingerprint density at radius 1 is 1.09 bits per heavy atom. The van der Waals surface area contributed by atoms with Gasteiger partial charge in [-0.25, -0.2) is 4.68 Å². The largest absolute Gasteiger partial charge is 0.310 e. The van der Waals surface area contributed by atoms with E-state index in [1.807, 2.05) is 66.7 Å². The van der Waals surface area contributed by atoms with Crippen molar-refractivity contribution < 1.29 is 4.79 Å². The Hall–Kier alpha value is -2.40. The monoisotopic (exact) mass is 369 g/mol. The number of rotatable bonds is 4. The van der Waals surface area contributed by atoms with Gasteiger partial charge in [0.05, 0.1) is 16.2 Å². The lowest BCUT2D eigenvalue weighted by molar-refractivity contribution is -0.115. The van der Waals surface area contributed by atoms with E-state index in [2.05, 4.69) is 26.3 Å². The zero-order chi connectivity index (χ0) is 16.2. The van der Waals surface area contributed by atoms with Gasteiger partial charge in [-0.3, -0.25) is 4.79 Å². The zero-order valence-corrected chi connectivity index (χ0v) is 14.2. The van der Waals surface area contributed by atoms with Crippen LogP contribution in [0.1, 0.15) is 6.92 Å². The van der Waals surface area contributed by atoms with Crippen molar-refractivity contribution in [1.29, 1.82) is 0 Å². The Labute approximate surface area is 143 Å². The summed E-state index contributed by atoms with van der Waals surface area (Å²) in [6.07, 6.45) is 0. The van der Waals surface area contributed by atoms with Crippen molar-refractivity contribution in [3.05, 3.63) is 66.7 Å². The summed E-state index contributed by atoms with van der Waals surface area (Å²) in [5.74, 6) is 0.535. The predicted molar refractivity (Wildman–Crippen MR) is 96.0 cm³/mol. The molecule has 1 aromatic heterocycles. The molecule has 0 bridgehead atoms. The fourth-order valence-electron chi connectivity index (χ4n) is 2.21. The van der Waals surface area contributed by atoms with Crippen LogP contribution in [0.15, 0.2) is 66.7 Å². The molecule has 0 aliphatic rings. The maximum Gasteiger partial charge on any atom is 0.239 e. The van der Waals surface area contributed by atoms with E-state index >= 15 is 0 Å². The van der Waals surface area contributed by atoms with E-state index in [4.69, 9.17) is 0 Å². The summed E-state index contributed by atoms with van der Waals surface area (Å²) in [6, 6.07) is 21.5. The lowest BCUT2D eigenvalue weighted by Gasteiger charge is -2.09. The first-order valence-electron chi connectivity index (χ1n) is 7.31. The average molecular weight is 370 g/mol. The van der Waals surface area contributed by atoms with Gasteiger partial charge in [-0.05, 0) is 19.1 Å². The van der Waals surface area contributed by atoms with Crippen LogP contribution in [0.5, 0.6) is 0 Å². The summed E-state index contributed by atoms with van der Waals surface area (Å²) in [7, 11) is 0. The van der Waals surface area contributed by atoms with Gasteiger partial charge in [0.25, 0.3) is 0 Å². The third-order valence-electron chi connectivity index (χ3n) is 3.39. The summed E-state index contributed by atoms with van der Waals surface area (Å²) in [5, 5.41) is 7.56. The van der Waals surface area contributed by atoms with E-state index in [1.54, 1.807) is 11.6 Å². The fourth-order valence-corrected chi connectivity index (χ4v) is 2.33. The van der Waals surface area contributed by atoms with Crippen molar-refractivity contribution in [3.8, 4) is 16.9 Å². The Morgan fingerprint density at radius 3 is 2.30 bits per heavy atom.